The van der Waals surface area contributed by atoms with Crippen LogP contribution in [0.4, 0.5) is 11.5 Å². The van der Waals surface area contributed by atoms with E-state index < -0.39 is 22.8 Å². The summed E-state index contributed by atoms with van der Waals surface area (Å²) in [6.07, 6.45) is -0.935. The van der Waals surface area contributed by atoms with Crippen LogP contribution in [0.1, 0.15) is 19.5 Å². The maximum atomic E-state index is 12.2. The van der Waals surface area contributed by atoms with E-state index in [1.807, 2.05) is 6.92 Å². The van der Waals surface area contributed by atoms with E-state index in [2.05, 4.69) is 10.3 Å². The van der Waals surface area contributed by atoms with Crippen LogP contribution in [0.15, 0.2) is 36.4 Å². The van der Waals surface area contributed by atoms with Crippen LogP contribution in [-0.4, -0.2) is 28.5 Å². The predicted molar refractivity (Wildman–Crippen MR) is 92.0 cm³/mol. The minimum absolute atomic E-state index is 0.0510. The molecule has 0 aliphatic carbocycles. The first-order chi connectivity index (χ1) is 11.9. The molecule has 0 saturated heterocycles. The number of nitrogens with one attached hydrogen (secondary N) is 1. The highest BCUT2D eigenvalue weighted by Gasteiger charge is 2.23. The van der Waals surface area contributed by atoms with Gasteiger partial charge in [0.05, 0.1) is 6.61 Å². The summed E-state index contributed by atoms with van der Waals surface area (Å²) < 4.78 is 10.7. The van der Waals surface area contributed by atoms with Crippen LogP contribution in [0.5, 0.6) is 11.5 Å². The summed E-state index contributed by atoms with van der Waals surface area (Å²) in [5, 5.41) is 13.7. The van der Waals surface area contributed by atoms with Crippen LogP contribution in [-0.2, 0) is 4.79 Å². The van der Waals surface area contributed by atoms with Crippen molar-refractivity contribution in [2.75, 3.05) is 11.9 Å². The van der Waals surface area contributed by atoms with Crippen molar-refractivity contribution in [3.63, 3.8) is 0 Å². The number of nitrogens with zero attached hydrogens (tertiary/aromatic N) is 2. The number of anilines is 1. The Balaban J connectivity index is 2.04. The summed E-state index contributed by atoms with van der Waals surface area (Å²) >= 11 is 0. The molecule has 25 heavy (non-hydrogen) atoms. The van der Waals surface area contributed by atoms with E-state index in [-0.39, 0.29) is 5.75 Å². The lowest BCUT2D eigenvalue weighted by Gasteiger charge is -2.14. The molecule has 0 unspecified atom stereocenters. The summed E-state index contributed by atoms with van der Waals surface area (Å²) in [5.74, 6) is -0.198. The molecule has 0 aliphatic rings. The number of aromatic nitrogens is 1. The standard InChI is InChI=1S/C17H19N3O5/c1-4-24-14-8-6-13(7-9-14)19-17(21)12(3)25-15-10-5-11(2)18-16(15)20(22)23/h5-10,12H,4H2,1-3H3,(H,19,21)/t12-/m1/s1. The van der Waals surface area contributed by atoms with Crippen LogP contribution in [0.25, 0.3) is 0 Å². The SMILES string of the molecule is CCOc1ccc(NC(=O)[C@@H](C)Oc2ccc(C)nc2[N+](=O)[O-])cc1. The number of rotatable bonds is 7. The molecular formula is C17H19N3O5. The van der Waals surface area contributed by atoms with Crippen molar-refractivity contribution < 1.29 is 19.2 Å². The Morgan fingerprint density at radius 1 is 1.28 bits per heavy atom. The maximum Gasteiger partial charge on any atom is 0.406 e. The van der Waals surface area contributed by atoms with E-state index in [9.17, 15) is 14.9 Å². The summed E-state index contributed by atoms with van der Waals surface area (Å²) in [7, 11) is 0. The van der Waals surface area contributed by atoms with E-state index in [1.54, 1.807) is 37.3 Å². The van der Waals surface area contributed by atoms with Crippen molar-refractivity contribution >= 4 is 17.4 Å². The topological polar surface area (TPSA) is 104 Å². The Labute approximate surface area is 144 Å². The third kappa shape index (κ3) is 4.90. The van der Waals surface area contributed by atoms with Crippen molar-refractivity contribution in [1.29, 1.82) is 0 Å². The molecular weight excluding hydrogens is 326 g/mol. The number of aryl methyl sites for hydroxylation is 1. The minimum Gasteiger partial charge on any atom is -0.494 e. The second-order valence-electron chi connectivity index (χ2n) is 5.24. The third-order valence-electron chi connectivity index (χ3n) is 3.26. The van der Waals surface area contributed by atoms with Crippen LogP contribution < -0.4 is 14.8 Å². The van der Waals surface area contributed by atoms with Gasteiger partial charge in [-0.1, -0.05) is 0 Å². The first-order valence-electron chi connectivity index (χ1n) is 7.73. The number of hydrogen-bond donors (Lipinski definition) is 1. The molecule has 1 atom stereocenters. The van der Waals surface area contributed by atoms with Crippen molar-refractivity contribution in [3.05, 3.63) is 52.2 Å². The molecule has 0 fully saturated rings. The predicted octanol–water partition coefficient (Wildman–Crippen LogP) is 3.10. The zero-order valence-corrected chi connectivity index (χ0v) is 14.2. The van der Waals surface area contributed by atoms with Gasteiger partial charge >= 0.3 is 5.82 Å². The van der Waals surface area contributed by atoms with Gasteiger partial charge in [0.15, 0.2) is 6.10 Å². The molecule has 1 aromatic carbocycles. The highest BCUT2D eigenvalue weighted by atomic mass is 16.6. The highest BCUT2D eigenvalue weighted by Crippen LogP contribution is 2.25. The van der Waals surface area contributed by atoms with Crippen molar-refractivity contribution in [1.82, 2.24) is 4.98 Å². The third-order valence-corrected chi connectivity index (χ3v) is 3.26. The molecule has 1 N–H and O–H groups in total. The zero-order valence-electron chi connectivity index (χ0n) is 14.2. The fourth-order valence-corrected chi connectivity index (χ4v) is 2.04. The van der Waals surface area contributed by atoms with E-state index in [1.165, 1.54) is 13.0 Å². The van der Waals surface area contributed by atoms with Gasteiger partial charge in [-0.3, -0.25) is 4.79 Å². The Morgan fingerprint density at radius 2 is 1.96 bits per heavy atom. The monoisotopic (exact) mass is 345 g/mol. The van der Waals surface area contributed by atoms with Crippen molar-refractivity contribution in [3.8, 4) is 11.5 Å². The molecule has 1 aromatic heterocycles. The normalized spacial score (nSPS) is 11.5. The molecule has 0 spiro atoms. The average molecular weight is 345 g/mol. The number of hydrogen-bond acceptors (Lipinski definition) is 6. The number of ether oxygens (including phenoxy) is 2. The number of pyridine rings is 1. The molecule has 132 valence electrons. The van der Waals surface area contributed by atoms with E-state index in [4.69, 9.17) is 9.47 Å². The summed E-state index contributed by atoms with van der Waals surface area (Å²) in [6, 6.07) is 9.89. The van der Waals surface area contributed by atoms with Crippen LogP contribution >= 0.6 is 0 Å². The first kappa shape index (κ1) is 18.2. The van der Waals surface area contributed by atoms with Crippen LogP contribution in [0.2, 0.25) is 0 Å². The fraction of sp³-hybridized carbons (Fsp3) is 0.294. The molecule has 2 rings (SSSR count). The number of benzene rings is 1. The Kier molecular flexibility index (Phi) is 5.89. The van der Waals surface area contributed by atoms with Gasteiger partial charge in [-0.05, 0) is 60.2 Å². The van der Waals surface area contributed by atoms with E-state index in [0.717, 1.165) is 0 Å². The van der Waals surface area contributed by atoms with Gasteiger partial charge in [-0.2, -0.15) is 0 Å². The van der Waals surface area contributed by atoms with Gasteiger partial charge < -0.3 is 24.9 Å². The van der Waals surface area contributed by atoms with Gasteiger partial charge in [0.2, 0.25) is 5.75 Å². The second-order valence-corrected chi connectivity index (χ2v) is 5.24. The fourth-order valence-electron chi connectivity index (χ4n) is 2.04. The first-order valence-corrected chi connectivity index (χ1v) is 7.73. The highest BCUT2D eigenvalue weighted by molar-refractivity contribution is 5.94. The lowest BCUT2D eigenvalue weighted by molar-refractivity contribution is -0.390. The number of carbonyl (C=O) groups excluding carboxylic acids is 1. The van der Waals surface area contributed by atoms with E-state index in [0.29, 0.717) is 23.7 Å². The molecule has 0 bridgehead atoms. The minimum atomic E-state index is -0.935. The lowest BCUT2D eigenvalue weighted by Crippen LogP contribution is -2.30. The van der Waals surface area contributed by atoms with Gasteiger partial charge in [0.1, 0.15) is 11.4 Å². The lowest BCUT2D eigenvalue weighted by atomic mass is 10.2. The second kappa shape index (κ2) is 8.09. The van der Waals surface area contributed by atoms with Crippen LogP contribution in [0, 0.1) is 17.0 Å². The average Bonchev–Trinajstić information content (AvgIpc) is 2.58. The zero-order chi connectivity index (χ0) is 18.4. The molecule has 8 heteroatoms. The molecule has 2 aromatic rings. The largest absolute Gasteiger partial charge is 0.494 e. The molecule has 1 heterocycles. The summed E-state index contributed by atoms with van der Waals surface area (Å²) in [5.41, 5.74) is 1.06. The van der Waals surface area contributed by atoms with Crippen molar-refractivity contribution in [2.45, 2.75) is 26.9 Å². The Morgan fingerprint density at radius 3 is 2.56 bits per heavy atom. The van der Waals surface area contributed by atoms with Crippen molar-refractivity contribution in [2.24, 2.45) is 0 Å². The smallest absolute Gasteiger partial charge is 0.406 e. The van der Waals surface area contributed by atoms with Crippen LogP contribution in [0.3, 0.4) is 0 Å². The van der Waals surface area contributed by atoms with Gasteiger partial charge in [-0.15, -0.1) is 0 Å². The Bertz CT molecular complexity index is 761. The van der Waals surface area contributed by atoms with Gasteiger partial charge in [-0.25, -0.2) is 0 Å². The molecule has 0 saturated carbocycles. The Hall–Kier alpha value is -3.16. The molecule has 0 radical (unpaired) electrons. The number of nitro groups is 1. The molecule has 0 aliphatic heterocycles. The summed E-state index contributed by atoms with van der Waals surface area (Å²) in [4.78, 5) is 26.5. The quantitative estimate of drug-likeness (QED) is 0.611. The number of amides is 1. The number of carbonyl (C=O) groups is 1. The maximum absolute atomic E-state index is 12.2. The van der Waals surface area contributed by atoms with Gasteiger partial charge in [0, 0.05) is 12.6 Å². The van der Waals surface area contributed by atoms with Gasteiger partial charge in [0.25, 0.3) is 5.91 Å². The van der Waals surface area contributed by atoms with E-state index >= 15 is 0 Å². The summed E-state index contributed by atoms with van der Waals surface area (Å²) in [6.45, 7) is 5.58. The molecule has 8 nitrogen and oxygen atoms in total. The molecule has 1 amide bonds.